The van der Waals surface area contributed by atoms with Crippen LogP contribution in [0.4, 0.5) is 13.2 Å². The molecule has 0 aromatic heterocycles. The van der Waals surface area contributed by atoms with Gasteiger partial charge in [0, 0.05) is 6.42 Å². The largest absolute Gasteiger partial charge is 0.428 e. The molecule has 3 unspecified atom stereocenters. The van der Waals surface area contributed by atoms with Crippen molar-refractivity contribution in [1.82, 2.24) is 0 Å². The Balaban J connectivity index is 2.07. The summed E-state index contributed by atoms with van der Waals surface area (Å²) >= 11 is 0. The smallest absolute Gasteiger partial charge is 0.370 e. The minimum atomic E-state index is -4.72. The Morgan fingerprint density at radius 2 is 2.09 bits per heavy atom. The lowest BCUT2D eigenvalue weighted by Crippen LogP contribution is -2.40. The van der Waals surface area contributed by atoms with E-state index in [2.05, 4.69) is 25.8 Å². The van der Waals surface area contributed by atoms with Crippen molar-refractivity contribution in [2.45, 2.75) is 71.6 Å². The molecule has 0 bridgehead atoms. The number of halogens is 3. The first-order chi connectivity index (χ1) is 10.5. The highest BCUT2D eigenvalue weighted by molar-refractivity contribution is 5.27. The van der Waals surface area contributed by atoms with Gasteiger partial charge >= 0.3 is 6.18 Å². The van der Waals surface area contributed by atoms with Crippen molar-refractivity contribution in [2.24, 2.45) is 23.2 Å². The van der Waals surface area contributed by atoms with Crippen molar-refractivity contribution in [3.05, 3.63) is 11.6 Å². The van der Waals surface area contributed by atoms with Gasteiger partial charge in [0.2, 0.25) is 5.60 Å². The SMILES string of the molecule is CC(CC#CC(C)(O)C(F)(F)F)C1=CCC2[C@@H](C)CCC[C@]12C. The fraction of sp³-hybridized carbons (Fsp3) is 0.789. The number of rotatable bonds is 2. The highest BCUT2D eigenvalue weighted by atomic mass is 19.4. The molecule has 1 nitrogen and oxygen atoms in total. The molecule has 0 amide bonds. The molecule has 0 aliphatic heterocycles. The third-order valence-corrected chi connectivity index (χ3v) is 5.93. The van der Waals surface area contributed by atoms with Gasteiger partial charge in [-0.05, 0) is 42.9 Å². The Kier molecular flexibility index (Phi) is 4.93. The summed E-state index contributed by atoms with van der Waals surface area (Å²) in [5.74, 6) is 6.06. The molecule has 2 aliphatic carbocycles. The molecule has 2 rings (SSSR count). The van der Waals surface area contributed by atoms with Crippen LogP contribution in [0.2, 0.25) is 0 Å². The van der Waals surface area contributed by atoms with Gasteiger partial charge in [-0.25, -0.2) is 0 Å². The van der Waals surface area contributed by atoms with E-state index in [0.29, 0.717) is 25.2 Å². The topological polar surface area (TPSA) is 20.2 Å². The molecule has 0 aromatic carbocycles. The average Bonchev–Trinajstić information content (AvgIpc) is 2.75. The van der Waals surface area contributed by atoms with E-state index in [9.17, 15) is 18.3 Å². The van der Waals surface area contributed by atoms with Crippen LogP contribution in [0, 0.1) is 35.0 Å². The van der Waals surface area contributed by atoms with Crippen molar-refractivity contribution in [2.75, 3.05) is 0 Å². The van der Waals surface area contributed by atoms with Gasteiger partial charge in [0.1, 0.15) is 0 Å². The zero-order valence-electron chi connectivity index (χ0n) is 14.4. The minimum absolute atomic E-state index is 0.131. The van der Waals surface area contributed by atoms with Crippen LogP contribution in [0.1, 0.15) is 59.8 Å². The molecule has 0 spiro atoms. The third-order valence-electron chi connectivity index (χ3n) is 5.93. The Morgan fingerprint density at radius 3 is 2.70 bits per heavy atom. The Bertz CT molecular complexity index is 535. The summed E-state index contributed by atoms with van der Waals surface area (Å²) in [5.41, 5.74) is -1.40. The molecule has 1 N–H and O–H groups in total. The third kappa shape index (κ3) is 3.45. The van der Waals surface area contributed by atoms with E-state index in [1.165, 1.54) is 18.4 Å². The van der Waals surface area contributed by atoms with Gasteiger partial charge in [-0.2, -0.15) is 13.2 Å². The van der Waals surface area contributed by atoms with Crippen LogP contribution in [0.25, 0.3) is 0 Å². The van der Waals surface area contributed by atoms with E-state index in [1.54, 1.807) is 0 Å². The van der Waals surface area contributed by atoms with Crippen LogP contribution in [0.5, 0.6) is 0 Å². The van der Waals surface area contributed by atoms with E-state index >= 15 is 0 Å². The van der Waals surface area contributed by atoms with Crippen molar-refractivity contribution < 1.29 is 18.3 Å². The molecule has 23 heavy (non-hydrogen) atoms. The molecule has 130 valence electrons. The predicted molar refractivity (Wildman–Crippen MR) is 85.5 cm³/mol. The highest BCUT2D eigenvalue weighted by Crippen LogP contribution is 2.56. The second-order valence-electron chi connectivity index (χ2n) is 7.77. The number of aliphatic hydroxyl groups is 1. The van der Waals surface area contributed by atoms with E-state index in [0.717, 1.165) is 12.8 Å². The zero-order chi connectivity index (χ0) is 17.5. The minimum Gasteiger partial charge on any atom is -0.370 e. The summed E-state index contributed by atoms with van der Waals surface area (Å²) in [4.78, 5) is 0. The van der Waals surface area contributed by atoms with Gasteiger partial charge in [-0.3, -0.25) is 0 Å². The first-order valence-corrected chi connectivity index (χ1v) is 8.48. The Labute approximate surface area is 137 Å². The molecular formula is C19H27F3O. The molecule has 0 radical (unpaired) electrons. The van der Waals surface area contributed by atoms with Crippen molar-refractivity contribution in [1.29, 1.82) is 0 Å². The monoisotopic (exact) mass is 328 g/mol. The average molecular weight is 328 g/mol. The van der Waals surface area contributed by atoms with E-state index < -0.39 is 11.8 Å². The second-order valence-corrected chi connectivity index (χ2v) is 7.77. The maximum absolute atomic E-state index is 12.6. The summed E-state index contributed by atoms with van der Waals surface area (Å²) in [6, 6.07) is 0. The van der Waals surface area contributed by atoms with Gasteiger partial charge < -0.3 is 5.11 Å². The molecule has 4 heteroatoms. The van der Waals surface area contributed by atoms with E-state index in [1.807, 2.05) is 12.8 Å². The molecule has 0 aromatic rings. The van der Waals surface area contributed by atoms with Crippen LogP contribution in [0.3, 0.4) is 0 Å². The lowest BCUT2D eigenvalue weighted by atomic mass is 9.60. The standard InChI is InChI=1S/C19H27F3O/c1-13-7-5-11-17(3)15(13)9-10-16(17)14(2)8-6-12-18(4,23)19(20,21)22/h10,13-15,23H,5,7-9,11H2,1-4H3/t13-,14?,15?,17-,18?/m0/s1. The molecule has 1 fully saturated rings. The normalized spacial score (nSPS) is 34.7. The maximum Gasteiger partial charge on any atom is 0.428 e. The molecule has 5 atom stereocenters. The van der Waals surface area contributed by atoms with Gasteiger partial charge in [0.25, 0.3) is 0 Å². The van der Waals surface area contributed by atoms with Crippen LogP contribution in [-0.4, -0.2) is 16.9 Å². The number of hydrogen-bond donors (Lipinski definition) is 1. The summed E-state index contributed by atoms with van der Waals surface area (Å²) in [5, 5.41) is 9.39. The summed E-state index contributed by atoms with van der Waals surface area (Å²) in [7, 11) is 0. The fourth-order valence-corrected chi connectivity index (χ4v) is 4.46. The predicted octanol–water partition coefficient (Wildman–Crippen LogP) is 5.10. The van der Waals surface area contributed by atoms with Gasteiger partial charge in [0.15, 0.2) is 0 Å². The van der Waals surface area contributed by atoms with Crippen LogP contribution < -0.4 is 0 Å². The second kappa shape index (κ2) is 6.16. The van der Waals surface area contributed by atoms with Gasteiger partial charge in [-0.15, -0.1) is 0 Å². The molecule has 0 saturated heterocycles. The lowest BCUT2D eigenvalue weighted by Gasteiger charge is -2.44. The number of alkyl halides is 3. The Morgan fingerprint density at radius 1 is 1.43 bits per heavy atom. The van der Waals surface area contributed by atoms with Crippen molar-refractivity contribution in [3.63, 3.8) is 0 Å². The van der Waals surface area contributed by atoms with Crippen LogP contribution >= 0.6 is 0 Å². The quantitative estimate of drug-likeness (QED) is 0.552. The number of fused-ring (bicyclic) bond motifs is 1. The number of allylic oxidation sites excluding steroid dienone is 2. The maximum atomic E-state index is 12.6. The molecule has 2 aliphatic rings. The van der Waals surface area contributed by atoms with E-state index in [4.69, 9.17) is 0 Å². The highest BCUT2D eigenvalue weighted by Gasteiger charge is 2.49. The summed E-state index contributed by atoms with van der Waals surface area (Å²) < 4.78 is 37.9. The molecular weight excluding hydrogens is 301 g/mol. The molecule has 0 heterocycles. The summed E-state index contributed by atoms with van der Waals surface area (Å²) in [6.07, 6.45) is 2.65. The van der Waals surface area contributed by atoms with Crippen LogP contribution in [-0.2, 0) is 0 Å². The summed E-state index contributed by atoms with van der Waals surface area (Å²) in [6.45, 7) is 7.36. The van der Waals surface area contributed by atoms with Gasteiger partial charge in [-0.1, -0.05) is 57.1 Å². The molecule has 1 saturated carbocycles. The first kappa shape index (κ1) is 18.4. The zero-order valence-corrected chi connectivity index (χ0v) is 14.4. The van der Waals surface area contributed by atoms with E-state index in [-0.39, 0.29) is 11.3 Å². The lowest BCUT2D eigenvalue weighted by molar-refractivity contribution is -0.228. The first-order valence-electron chi connectivity index (χ1n) is 8.48. The fourth-order valence-electron chi connectivity index (χ4n) is 4.46. The van der Waals surface area contributed by atoms with Crippen LogP contribution in [0.15, 0.2) is 11.6 Å². The van der Waals surface area contributed by atoms with Crippen molar-refractivity contribution in [3.8, 4) is 11.8 Å². The number of hydrogen-bond acceptors (Lipinski definition) is 1. The van der Waals surface area contributed by atoms with Crippen molar-refractivity contribution >= 4 is 0 Å². The Hall–Kier alpha value is -0.950. The van der Waals surface area contributed by atoms with Gasteiger partial charge in [0.05, 0.1) is 0 Å².